The van der Waals surface area contributed by atoms with Crippen molar-refractivity contribution in [2.45, 2.75) is 38.6 Å². The van der Waals surface area contributed by atoms with Gasteiger partial charge in [-0.15, -0.1) is 0 Å². The molecular weight excluding hydrogens is 434 g/mol. The van der Waals surface area contributed by atoms with Crippen LogP contribution in [0.2, 0.25) is 0 Å². The lowest BCUT2D eigenvalue weighted by Gasteiger charge is -2.31. The van der Waals surface area contributed by atoms with E-state index >= 15 is 0 Å². The van der Waals surface area contributed by atoms with Crippen LogP contribution >= 0.6 is 0 Å². The van der Waals surface area contributed by atoms with Gasteiger partial charge in [0, 0.05) is 29.9 Å². The lowest BCUT2D eigenvalue weighted by Crippen LogP contribution is -2.49. The van der Waals surface area contributed by atoms with E-state index in [9.17, 15) is 14.4 Å². The summed E-state index contributed by atoms with van der Waals surface area (Å²) in [5, 5.41) is 2.67. The third-order valence-electron chi connectivity index (χ3n) is 6.26. The molecule has 0 radical (unpaired) electrons. The maximum Gasteiger partial charge on any atom is 0.255 e. The summed E-state index contributed by atoms with van der Waals surface area (Å²) < 4.78 is 28.1. The fourth-order valence-electron chi connectivity index (χ4n) is 4.35. The van der Waals surface area contributed by atoms with E-state index in [1.54, 1.807) is 4.90 Å². The molecule has 176 valence electrons. The molecule has 8 heteroatoms. The Hall–Kier alpha value is -3.65. The van der Waals surface area contributed by atoms with Gasteiger partial charge < -0.3 is 24.6 Å². The van der Waals surface area contributed by atoms with Gasteiger partial charge in [-0.1, -0.05) is 36.9 Å². The van der Waals surface area contributed by atoms with E-state index in [0.717, 1.165) is 11.1 Å². The average molecular weight is 464 g/mol. The van der Waals surface area contributed by atoms with Crippen LogP contribution in [0.25, 0.3) is 0 Å². The zero-order chi connectivity index (χ0) is 25.4. The first-order chi connectivity index (χ1) is 17.3. The van der Waals surface area contributed by atoms with Gasteiger partial charge in [0.1, 0.15) is 25.0 Å². The Morgan fingerprint density at radius 3 is 2.74 bits per heavy atom. The van der Waals surface area contributed by atoms with Crippen LogP contribution in [0.1, 0.15) is 42.6 Å². The zero-order valence-corrected chi connectivity index (χ0v) is 18.7. The summed E-state index contributed by atoms with van der Waals surface area (Å²) in [6.07, 6.45) is 0.929. The Bertz CT molecular complexity index is 1230. The van der Waals surface area contributed by atoms with Gasteiger partial charge >= 0.3 is 0 Å². The Labute approximate surface area is 200 Å². The number of fused-ring (bicyclic) bond motifs is 1. The summed E-state index contributed by atoms with van der Waals surface area (Å²) in [6, 6.07) is 9.91. The Balaban J connectivity index is 1.30. The zero-order valence-electron chi connectivity index (χ0n) is 20.7. The molecule has 2 unspecified atom stereocenters. The maximum absolute atomic E-state index is 13.2. The van der Waals surface area contributed by atoms with Gasteiger partial charge in [0.05, 0.1) is 15.9 Å². The minimum absolute atomic E-state index is 0.0260. The molecule has 0 aromatic heterocycles. The van der Waals surface area contributed by atoms with Crippen LogP contribution in [0.5, 0.6) is 5.75 Å². The fourth-order valence-corrected chi connectivity index (χ4v) is 4.35. The van der Waals surface area contributed by atoms with E-state index in [1.165, 1.54) is 17.0 Å². The first kappa shape index (κ1) is 19.8. The molecule has 34 heavy (non-hydrogen) atoms. The van der Waals surface area contributed by atoms with E-state index in [0.29, 0.717) is 43.8 Å². The second-order valence-corrected chi connectivity index (χ2v) is 8.61. The number of hydrogen-bond donors (Lipinski definition) is 1. The van der Waals surface area contributed by atoms with Crippen LogP contribution in [0.3, 0.4) is 0 Å². The largest absolute Gasteiger partial charge is 0.489 e. The van der Waals surface area contributed by atoms with Crippen LogP contribution in [0.15, 0.2) is 54.7 Å². The van der Waals surface area contributed by atoms with Crippen molar-refractivity contribution in [3.63, 3.8) is 0 Å². The number of amides is 3. The predicted octanol–water partition coefficient (Wildman–Crippen LogP) is 2.37. The molecule has 2 atom stereocenters. The number of rotatable bonds is 6. The van der Waals surface area contributed by atoms with Crippen molar-refractivity contribution >= 4 is 17.7 Å². The van der Waals surface area contributed by atoms with Gasteiger partial charge in [-0.3, -0.25) is 14.4 Å². The van der Waals surface area contributed by atoms with Gasteiger partial charge in [0.2, 0.25) is 11.8 Å². The lowest BCUT2D eigenvalue weighted by atomic mass is 10.0. The van der Waals surface area contributed by atoms with Crippen molar-refractivity contribution in [3.8, 4) is 5.75 Å². The third-order valence-corrected chi connectivity index (χ3v) is 6.26. The minimum atomic E-state index is -1.11. The number of allylic oxidation sites excluding steroid dienone is 1. The van der Waals surface area contributed by atoms with Crippen LogP contribution in [-0.2, 0) is 34.0 Å². The molecule has 0 saturated carbocycles. The van der Waals surface area contributed by atoms with E-state index in [1.807, 2.05) is 24.3 Å². The summed E-state index contributed by atoms with van der Waals surface area (Å²) in [6.45, 7) is 4.57. The number of carbonyl (C=O) groups is 3. The number of piperidine rings is 1. The molecule has 8 nitrogen and oxygen atoms in total. The molecule has 5 rings (SSSR count). The first-order valence-corrected chi connectivity index (χ1v) is 11.3. The fraction of sp³-hybridized carbons (Fsp3) is 0.346. The Morgan fingerprint density at radius 1 is 1.18 bits per heavy atom. The summed E-state index contributed by atoms with van der Waals surface area (Å²) in [7, 11) is 0. The number of nitrogens with one attached hydrogen (secondary N) is 1. The van der Waals surface area contributed by atoms with Crippen LogP contribution < -0.4 is 10.1 Å². The van der Waals surface area contributed by atoms with Gasteiger partial charge in [-0.2, -0.15) is 0 Å². The van der Waals surface area contributed by atoms with Crippen molar-refractivity contribution in [1.29, 1.82) is 0 Å². The molecule has 0 aliphatic carbocycles. The van der Waals surface area contributed by atoms with Gasteiger partial charge in [0.25, 0.3) is 5.91 Å². The molecule has 1 N–H and O–H groups in total. The lowest BCUT2D eigenvalue weighted by molar-refractivity contribution is -0.143. The van der Waals surface area contributed by atoms with Gasteiger partial charge in [-0.25, -0.2) is 0 Å². The number of carbonyl (C=O) groups excluding carboxylic acids is 3. The molecule has 2 aromatic rings. The number of ether oxygens (including phenoxy) is 2. The Kier molecular flexibility index (Phi) is 5.42. The molecule has 3 aliphatic rings. The van der Waals surface area contributed by atoms with E-state index in [-0.39, 0.29) is 42.4 Å². The molecule has 2 aromatic carbocycles. The highest BCUT2D eigenvalue weighted by Gasteiger charge is 2.39. The van der Waals surface area contributed by atoms with E-state index < -0.39 is 18.5 Å². The van der Waals surface area contributed by atoms with Gasteiger partial charge in [-0.05, 0) is 36.1 Å². The van der Waals surface area contributed by atoms with Crippen molar-refractivity contribution in [2.75, 3.05) is 19.8 Å². The standard InChI is InChI=1S/C26H27N3O5/c1-17-5-10-22(25(31)27-17)29-14-21-20(26(29)32)3-2-4-23(21)34-15-19-8-6-18(7-9-19)13-28-11-12-33-16-24(28)30/h2-4,6-9,22H,1,5,10-16H2,(H,27,31)/i2D,14D. The monoisotopic (exact) mass is 463 g/mol. The van der Waals surface area contributed by atoms with Crippen LogP contribution in [0.4, 0.5) is 0 Å². The highest BCUT2D eigenvalue weighted by atomic mass is 16.5. The predicted molar refractivity (Wildman–Crippen MR) is 124 cm³/mol. The topological polar surface area (TPSA) is 88.2 Å². The molecule has 0 spiro atoms. The second-order valence-electron chi connectivity index (χ2n) is 8.61. The third kappa shape index (κ3) is 4.41. The van der Waals surface area contributed by atoms with Crippen molar-refractivity contribution < 1.29 is 26.6 Å². The van der Waals surface area contributed by atoms with Crippen molar-refractivity contribution in [3.05, 3.63) is 77.0 Å². The number of morpholine rings is 1. The average Bonchev–Trinajstić information content (AvgIpc) is 3.09. The minimum Gasteiger partial charge on any atom is -0.489 e. The highest BCUT2D eigenvalue weighted by Crippen LogP contribution is 2.34. The molecule has 3 heterocycles. The maximum atomic E-state index is 13.2. The summed E-state index contributed by atoms with van der Waals surface area (Å²) >= 11 is 0. The second kappa shape index (κ2) is 9.30. The number of nitrogens with zero attached hydrogens (tertiary/aromatic N) is 2. The molecule has 3 aliphatic heterocycles. The van der Waals surface area contributed by atoms with Crippen molar-refractivity contribution in [2.24, 2.45) is 0 Å². The summed E-state index contributed by atoms with van der Waals surface area (Å²) in [5.41, 5.74) is 3.05. The van der Waals surface area contributed by atoms with E-state index in [2.05, 4.69) is 11.9 Å². The molecule has 0 bridgehead atoms. The first-order valence-electron chi connectivity index (χ1n) is 12.3. The summed E-state index contributed by atoms with van der Waals surface area (Å²) in [4.78, 5) is 40.7. The Morgan fingerprint density at radius 2 is 1.97 bits per heavy atom. The van der Waals surface area contributed by atoms with Crippen LogP contribution in [0, 0.1) is 0 Å². The van der Waals surface area contributed by atoms with Crippen LogP contribution in [-0.4, -0.2) is 53.3 Å². The number of benzene rings is 2. The smallest absolute Gasteiger partial charge is 0.255 e. The summed E-state index contributed by atoms with van der Waals surface area (Å²) in [5.74, 6) is -0.533. The highest BCUT2D eigenvalue weighted by molar-refractivity contribution is 6.02. The molecule has 2 fully saturated rings. The molecular formula is C26H27N3O5. The molecule has 3 amide bonds. The quantitative estimate of drug-likeness (QED) is 0.711. The SMILES string of the molecule is [2H]c1cc(OCc2ccc(CN3CCOCC3=O)cc2)c2c(c1)C(=O)N(C1CCC(=C)NC1=O)C2[2H]. The van der Waals surface area contributed by atoms with E-state index in [4.69, 9.17) is 12.2 Å². The number of hydrogen-bond acceptors (Lipinski definition) is 5. The van der Waals surface area contributed by atoms with Crippen molar-refractivity contribution in [1.82, 2.24) is 15.1 Å². The normalized spacial score (nSPS) is 23.4. The van der Waals surface area contributed by atoms with Gasteiger partial charge in [0.15, 0.2) is 0 Å². The molecule has 2 saturated heterocycles.